The van der Waals surface area contributed by atoms with Gasteiger partial charge < -0.3 is 5.32 Å². The maximum Gasteiger partial charge on any atom is 0.293 e. The molecule has 1 aliphatic heterocycles. The molecule has 7 nitrogen and oxygen atoms in total. The second kappa shape index (κ2) is 7.57. The second-order valence-electron chi connectivity index (χ2n) is 5.61. The number of carbonyl (C=O) groups is 2. The lowest BCUT2D eigenvalue weighted by molar-refractivity contribution is -0.122. The minimum Gasteiger partial charge on any atom is -0.366 e. The second-order valence-corrected chi connectivity index (χ2v) is 6.60. The smallest absolute Gasteiger partial charge is 0.293 e. The van der Waals surface area contributed by atoms with Gasteiger partial charge in [-0.25, -0.2) is 4.98 Å². The van der Waals surface area contributed by atoms with E-state index in [4.69, 9.17) is 0 Å². The van der Waals surface area contributed by atoms with Gasteiger partial charge in [-0.05, 0) is 36.4 Å². The predicted molar refractivity (Wildman–Crippen MR) is 103 cm³/mol. The van der Waals surface area contributed by atoms with Gasteiger partial charge in [0, 0.05) is 19.3 Å². The fourth-order valence-electron chi connectivity index (χ4n) is 2.58. The first-order chi connectivity index (χ1) is 12.6. The lowest BCUT2D eigenvalue weighted by Gasteiger charge is -2.10. The van der Waals surface area contributed by atoms with Gasteiger partial charge in [0.1, 0.15) is 11.5 Å². The summed E-state index contributed by atoms with van der Waals surface area (Å²) in [5.41, 5.74) is 0.405. The van der Waals surface area contributed by atoms with E-state index in [9.17, 15) is 14.4 Å². The summed E-state index contributed by atoms with van der Waals surface area (Å²) in [7, 11) is 0. The molecule has 3 rings (SSSR count). The molecule has 0 saturated carbocycles. The van der Waals surface area contributed by atoms with E-state index < -0.39 is 0 Å². The van der Waals surface area contributed by atoms with Crippen LogP contribution in [0.25, 0.3) is 11.7 Å². The summed E-state index contributed by atoms with van der Waals surface area (Å²) in [5.74, 6) is -0.0301. The van der Waals surface area contributed by atoms with E-state index in [1.54, 1.807) is 30.5 Å². The molecule has 2 aromatic heterocycles. The molecule has 2 aromatic rings. The van der Waals surface area contributed by atoms with Crippen LogP contribution in [0.15, 0.2) is 46.8 Å². The van der Waals surface area contributed by atoms with Crippen molar-refractivity contribution in [3.05, 3.63) is 57.9 Å². The zero-order chi connectivity index (χ0) is 18.7. The number of hydrogen-bond donors (Lipinski definition) is 1. The van der Waals surface area contributed by atoms with Crippen LogP contribution in [-0.4, -0.2) is 38.5 Å². The highest BCUT2D eigenvalue weighted by Crippen LogP contribution is 2.32. The average Bonchev–Trinajstić information content (AvgIpc) is 2.90. The minimum atomic E-state index is -0.380. The Morgan fingerprint density at radius 2 is 2.12 bits per heavy atom. The number of rotatable bonds is 6. The van der Waals surface area contributed by atoms with Crippen LogP contribution in [0.3, 0.4) is 0 Å². The number of nitrogens with zero attached hydrogens (tertiary/aromatic N) is 3. The fourth-order valence-corrected chi connectivity index (χ4v) is 3.43. The van der Waals surface area contributed by atoms with Crippen molar-refractivity contribution in [1.29, 1.82) is 0 Å². The van der Waals surface area contributed by atoms with E-state index in [2.05, 4.69) is 16.9 Å². The third-order valence-corrected chi connectivity index (χ3v) is 4.69. The molecule has 1 N–H and O–H groups in total. The molecule has 0 atom stereocenters. The quantitative estimate of drug-likeness (QED) is 0.622. The largest absolute Gasteiger partial charge is 0.366 e. The average molecular weight is 370 g/mol. The van der Waals surface area contributed by atoms with Crippen molar-refractivity contribution in [2.45, 2.75) is 13.3 Å². The first-order valence-corrected chi connectivity index (χ1v) is 9.00. The maximum absolute atomic E-state index is 12.9. The Morgan fingerprint density at radius 1 is 1.31 bits per heavy atom. The summed E-state index contributed by atoms with van der Waals surface area (Å²) in [4.78, 5) is 43.2. The molecule has 1 saturated heterocycles. The van der Waals surface area contributed by atoms with Crippen molar-refractivity contribution in [3.63, 3.8) is 0 Å². The molecule has 8 heteroatoms. The van der Waals surface area contributed by atoms with Crippen molar-refractivity contribution < 1.29 is 9.59 Å². The van der Waals surface area contributed by atoms with E-state index in [-0.39, 0.29) is 27.2 Å². The molecule has 134 valence electrons. The molecule has 0 bridgehead atoms. The van der Waals surface area contributed by atoms with Crippen molar-refractivity contribution in [3.8, 4) is 0 Å². The molecular formula is C18H18N4O3S. The zero-order valence-corrected chi connectivity index (χ0v) is 15.1. The standard InChI is InChI=1S/C18H18N4O3S/c1-3-8-19-15-12(16(23)21-10-6-5-7-14(21)20-15)11-13-17(24)22(9-4-2)18(25)26-13/h3,5-7,10-11,19H,1,4,8-9H2,2H3/b13-11-. The number of carbonyl (C=O) groups excluding carboxylic acids is 2. The predicted octanol–water partition coefficient (Wildman–Crippen LogP) is 2.74. The first-order valence-electron chi connectivity index (χ1n) is 8.18. The normalized spacial score (nSPS) is 15.9. The van der Waals surface area contributed by atoms with E-state index in [1.165, 1.54) is 15.4 Å². The van der Waals surface area contributed by atoms with Crippen molar-refractivity contribution in [1.82, 2.24) is 14.3 Å². The number of aromatic nitrogens is 2. The van der Waals surface area contributed by atoms with Crippen LogP contribution in [-0.2, 0) is 4.79 Å². The Labute approximate surface area is 154 Å². The summed E-state index contributed by atoms with van der Waals surface area (Å²) >= 11 is 0.838. The number of fused-ring (bicyclic) bond motifs is 1. The van der Waals surface area contributed by atoms with Gasteiger partial charge in [-0.15, -0.1) is 6.58 Å². The molecule has 26 heavy (non-hydrogen) atoms. The van der Waals surface area contributed by atoms with Crippen molar-refractivity contribution >= 4 is 40.4 Å². The number of amides is 2. The molecule has 0 aromatic carbocycles. The highest BCUT2D eigenvalue weighted by molar-refractivity contribution is 8.18. The molecule has 2 amide bonds. The molecular weight excluding hydrogens is 352 g/mol. The summed E-state index contributed by atoms with van der Waals surface area (Å²) in [5, 5.41) is 2.70. The Bertz CT molecular complexity index is 980. The van der Waals surface area contributed by atoms with Crippen LogP contribution >= 0.6 is 11.8 Å². The number of imide groups is 1. The molecule has 0 aliphatic carbocycles. The summed E-state index contributed by atoms with van der Waals surface area (Å²) in [6.07, 6.45) is 5.38. The van der Waals surface area contributed by atoms with E-state index >= 15 is 0 Å². The number of anilines is 1. The van der Waals surface area contributed by atoms with Crippen LogP contribution in [0.1, 0.15) is 18.9 Å². The molecule has 0 unspecified atom stereocenters. The fraction of sp³-hybridized carbons (Fsp3) is 0.222. The number of thioether (sulfide) groups is 1. The first kappa shape index (κ1) is 17.9. The zero-order valence-electron chi connectivity index (χ0n) is 14.3. The maximum atomic E-state index is 12.9. The highest BCUT2D eigenvalue weighted by atomic mass is 32.2. The van der Waals surface area contributed by atoms with Crippen molar-refractivity contribution in [2.75, 3.05) is 18.4 Å². The lowest BCUT2D eigenvalue weighted by atomic mass is 10.2. The van der Waals surface area contributed by atoms with Crippen LogP contribution < -0.4 is 10.9 Å². The molecule has 0 spiro atoms. The van der Waals surface area contributed by atoms with Gasteiger partial charge >= 0.3 is 0 Å². The monoisotopic (exact) mass is 370 g/mol. The number of pyridine rings is 1. The minimum absolute atomic E-state index is 0.222. The van der Waals surface area contributed by atoms with Crippen LogP contribution in [0.5, 0.6) is 0 Å². The van der Waals surface area contributed by atoms with Crippen LogP contribution in [0.4, 0.5) is 10.6 Å². The number of nitrogens with one attached hydrogen (secondary N) is 1. The summed E-state index contributed by atoms with van der Waals surface area (Å²) in [6, 6.07) is 5.24. The van der Waals surface area contributed by atoms with Gasteiger partial charge in [0.2, 0.25) is 0 Å². The molecule has 0 radical (unpaired) electrons. The van der Waals surface area contributed by atoms with Gasteiger partial charge in [-0.2, -0.15) is 0 Å². The van der Waals surface area contributed by atoms with Crippen LogP contribution in [0.2, 0.25) is 0 Å². The molecule has 1 fully saturated rings. The van der Waals surface area contributed by atoms with Crippen molar-refractivity contribution in [2.24, 2.45) is 0 Å². The Morgan fingerprint density at radius 3 is 2.85 bits per heavy atom. The number of hydrogen-bond acceptors (Lipinski definition) is 6. The van der Waals surface area contributed by atoms with Gasteiger partial charge in [0.15, 0.2) is 0 Å². The topological polar surface area (TPSA) is 83.8 Å². The van der Waals surface area contributed by atoms with Gasteiger partial charge in [0.25, 0.3) is 16.7 Å². The summed E-state index contributed by atoms with van der Waals surface area (Å²) < 4.78 is 1.40. The van der Waals surface area contributed by atoms with Gasteiger partial charge in [-0.3, -0.25) is 23.7 Å². The highest BCUT2D eigenvalue weighted by Gasteiger charge is 2.34. The molecule has 3 heterocycles. The Kier molecular flexibility index (Phi) is 5.22. The van der Waals surface area contributed by atoms with E-state index in [0.717, 1.165) is 11.8 Å². The SMILES string of the molecule is C=CCNc1nc2ccccn2c(=O)c1/C=C1\SC(=O)N(CCC)C1=O. The lowest BCUT2D eigenvalue weighted by Crippen LogP contribution is -2.28. The molecule has 1 aliphatic rings. The Hall–Kier alpha value is -2.87. The summed E-state index contributed by atoms with van der Waals surface area (Å²) in [6.45, 7) is 6.31. The van der Waals surface area contributed by atoms with E-state index in [0.29, 0.717) is 31.0 Å². The third-order valence-electron chi connectivity index (χ3n) is 3.78. The third kappa shape index (κ3) is 3.28. The van der Waals surface area contributed by atoms with Crippen LogP contribution in [0, 0.1) is 0 Å². The van der Waals surface area contributed by atoms with Gasteiger partial charge in [-0.1, -0.05) is 19.1 Å². The van der Waals surface area contributed by atoms with Gasteiger partial charge in [0.05, 0.1) is 10.5 Å². The Balaban J connectivity index is 2.13. The van der Waals surface area contributed by atoms with E-state index in [1.807, 2.05) is 6.92 Å².